The number of methoxy groups -OCH3 is 1. The minimum Gasteiger partial charge on any atom is -0.495 e. The molecule has 0 aromatic heterocycles. The lowest BCUT2D eigenvalue weighted by Crippen LogP contribution is -2.35. The largest absolute Gasteiger partial charge is 0.495 e. The SMILES string of the molecule is COc1ccc(C(=O)O[C@@H]2CCCCC2=O)cc1S(=O)(=O)N1CCCc2ccccc21. The van der Waals surface area contributed by atoms with Gasteiger partial charge in [-0.1, -0.05) is 18.2 Å². The van der Waals surface area contributed by atoms with Crippen LogP contribution in [0, 0.1) is 0 Å². The van der Waals surface area contributed by atoms with Crippen LogP contribution in [0.1, 0.15) is 48.0 Å². The zero-order chi connectivity index (χ0) is 22.0. The molecule has 0 amide bonds. The number of ketones is 1. The molecule has 2 aromatic rings. The Morgan fingerprint density at radius 2 is 1.87 bits per heavy atom. The molecule has 164 valence electrons. The van der Waals surface area contributed by atoms with E-state index in [-0.39, 0.29) is 22.0 Å². The molecule has 0 unspecified atom stereocenters. The second-order valence-electron chi connectivity index (χ2n) is 7.78. The first-order chi connectivity index (χ1) is 14.9. The number of benzene rings is 2. The number of sulfonamides is 1. The van der Waals surface area contributed by atoms with Crippen molar-refractivity contribution in [3.63, 3.8) is 0 Å². The van der Waals surface area contributed by atoms with E-state index in [2.05, 4.69) is 0 Å². The molecule has 0 saturated heterocycles. The quantitative estimate of drug-likeness (QED) is 0.657. The second kappa shape index (κ2) is 8.70. The topological polar surface area (TPSA) is 90.0 Å². The fourth-order valence-electron chi connectivity index (χ4n) is 4.15. The van der Waals surface area contributed by atoms with Crippen LogP contribution in [0.3, 0.4) is 0 Å². The maximum absolute atomic E-state index is 13.6. The summed E-state index contributed by atoms with van der Waals surface area (Å²) in [5.74, 6) is -0.655. The molecule has 4 rings (SSSR count). The monoisotopic (exact) mass is 443 g/mol. The standard InChI is InChI=1S/C23H25NO6S/c1-29-21-13-12-17(23(26)30-20-11-5-4-10-19(20)25)15-22(21)31(27,28)24-14-6-8-16-7-2-3-9-18(16)24/h2-3,7,9,12-13,15,20H,4-6,8,10-11,14H2,1H3/t20-/m1/s1. The number of Topliss-reactive ketones (excluding diaryl/α,β-unsaturated/α-hetero) is 1. The van der Waals surface area contributed by atoms with Crippen LogP contribution in [-0.4, -0.2) is 39.9 Å². The molecule has 0 bridgehead atoms. The van der Waals surface area contributed by atoms with E-state index in [0.29, 0.717) is 31.5 Å². The molecule has 1 heterocycles. The van der Waals surface area contributed by atoms with Crippen molar-refractivity contribution in [2.45, 2.75) is 49.5 Å². The van der Waals surface area contributed by atoms with Crippen LogP contribution in [0.25, 0.3) is 0 Å². The summed E-state index contributed by atoms with van der Waals surface area (Å²) in [6.45, 7) is 0.341. The van der Waals surface area contributed by atoms with Crippen LogP contribution in [0.15, 0.2) is 47.4 Å². The smallest absolute Gasteiger partial charge is 0.338 e. The number of esters is 1. The summed E-state index contributed by atoms with van der Waals surface area (Å²) < 4.78 is 39.2. The highest BCUT2D eigenvalue weighted by Crippen LogP contribution is 2.35. The maximum atomic E-state index is 13.6. The Morgan fingerprint density at radius 3 is 2.65 bits per heavy atom. The van der Waals surface area contributed by atoms with Crippen LogP contribution in [0.4, 0.5) is 5.69 Å². The average molecular weight is 444 g/mol. The van der Waals surface area contributed by atoms with Crippen molar-refractivity contribution < 1.29 is 27.5 Å². The van der Waals surface area contributed by atoms with Crippen molar-refractivity contribution in [2.75, 3.05) is 18.0 Å². The molecule has 2 aliphatic rings. The van der Waals surface area contributed by atoms with Gasteiger partial charge in [0, 0.05) is 13.0 Å². The van der Waals surface area contributed by atoms with Crippen molar-refractivity contribution in [1.29, 1.82) is 0 Å². The molecule has 0 radical (unpaired) electrons. The molecule has 1 fully saturated rings. The van der Waals surface area contributed by atoms with Gasteiger partial charge in [0.25, 0.3) is 10.0 Å². The van der Waals surface area contributed by atoms with Gasteiger partial charge < -0.3 is 9.47 Å². The third-order valence-electron chi connectivity index (χ3n) is 5.78. The van der Waals surface area contributed by atoms with Crippen LogP contribution < -0.4 is 9.04 Å². The molecule has 0 N–H and O–H groups in total. The second-order valence-corrected chi connectivity index (χ2v) is 9.61. The number of para-hydroxylation sites is 1. The lowest BCUT2D eigenvalue weighted by Gasteiger charge is -2.31. The average Bonchev–Trinajstić information content (AvgIpc) is 2.79. The Bertz CT molecular complexity index is 1110. The van der Waals surface area contributed by atoms with E-state index in [9.17, 15) is 18.0 Å². The van der Waals surface area contributed by atoms with Gasteiger partial charge in [-0.15, -0.1) is 0 Å². The number of anilines is 1. The summed E-state index contributed by atoms with van der Waals surface area (Å²) >= 11 is 0. The number of nitrogens with zero attached hydrogens (tertiary/aromatic N) is 1. The lowest BCUT2D eigenvalue weighted by molar-refractivity contribution is -0.129. The van der Waals surface area contributed by atoms with Crippen LogP contribution in [0.5, 0.6) is 5.75 Å². The minimum atomic E-state index is -3.98. The molecular weight excluding hydrogens is 418 g/mol. The first-order valence-electron chi connectivity index (χ1n) is 10.4. The highest BCUT2D eigenvalue weighted by Gasteiger charge is 2.33. The third kappa shape index (κ3) is 4.17. The van der Waals surface area contributed by atoms with Crippen molar-refractivity contribution in [3.8, 4) is 5.75 Å². The molecule has 8 heteroatoms. The summed E-state index contributed by atoms with van der Waals surface area (Å²) in [7, 11) is -2.60. The number of carbonyl (C=O) groups is 2. The van der Waals surface area contributed by atoms with Crippen molar-refractivity contribution >= 4 is 27.5 Å². The molecule has 31 heavy (non-hydrogen) atoms. The van der Waals surface area contributed by atoms with Gasteiger partial charge in [0.15, 0.2) is 11.9 Å². The molecule has 1 saturated carbocycles. The van der Waals surface area contributed by atoms with E-state index in [4.69, 9.17) is 9.47 Å². The fourth-order valence-corrected chi connectivity index (χ4v) is 5.87. The highest BCUT2D eigenvalue weighted by atomic mass is 32.2. The van der Waals surface area contributed by atoms with Crippen molar-refractivity contribution in [3.05, 3.63) is 53.6 Å². The molecule has 2 aromatic carbocycles. The van der Waals surface area contributed by atoms with Crippen LogP contribution in [-0.2, 0) is 26.0 Å². The molecule has 1 atom stereocenters. The van der Waals surface area contributed by atoms with Gasteiger partial charge >= 0.3 is 5.97 Å². The van der Waals surface area contributed by atoms with Gasteiger partial charge in [0.2, 0.25) is 0 Å². The molecular formula is C23H25NO6S. The minimum absolute atomic E-state index is 0.0723. The van der Waals surface area contributed by atoms with Gasteiger partial charge in [-0.3, -0.25) is 9.10 Å². The summed E-state index contributed by atoms with van der Waals surface area (Å²) in [5, 5.41) is 0. The summed E-state index contributed by atoms with van der Waals surface area (Å²) in [5.41, 5.74) is 1.67. The number of aryl methyl sites for hydroxylation is 1. The normalized spacial score (nSPS) is 18.9. The van der Waals surface area contributed by atoms with Crippen molar-refractivity contribution in [1.82, 2.24) is 0 Å². The van der Waals surface area contributed by atoms with E-state index in [0.717, 1.165) is 24.8 Å². The molecule has 0 spiro atoms. The Balaban J connectivity index is 1.68. The van der Waals surface area contributed by atoms with E-state index in [1.165, 1.54) is 29.6 Å². The number of fused-ring (bicyclic) bond motifs is 1. The van der Waals surface area contributed by atoms with Crippen molar-refractivity contribution in [2.24, 2.45) is 0 Å². The number of ether oxygens (including phenoxy) is 2. The van der Waals surface area contributed by atoms with E-state index in [1.807, 2.05) is 12.1 Å². The first kappa shape index (κ1) is 21.4. The van der Waals surface area contributed by atoms with E-state index >= 15 is 0 Å². The lowest BCUT2D eigenvalue weighted by atomic mass is 9.96. The zero-order valence-corrected chi connectivity index (χ0v) is 18.2. The number of carbonyl (C=O) groups excluding carboxylic acids is 2. The third-order valence-corrected chi connectivity index (χ3v) is 7.62. The zero-order valence-electron chi connectivity index (χ0n) is 17.4. The fraction of sp³-hybridized carbons (Fsp3) is 0.391. The summed E-state index contributed by atoms with van der Waals surface area (Å²) in [6, 6.07) is 11.6. The Morgan fingerprint density at radius 1 is 1.06 bits per heavy atom. The Hall–Kier alpha value is -2.87. The number of hydrogen-bond donors (Lipinski definition) is 0. The molecule has 7 nitrogen and oxygen atoms in total. The van der Waals surface area contributed by atoms with Gasteiger partial charge in [-0.05, 0) is 61.9 Å². The highest BCUT2D eigenvalue weighted by molar-refractivity contribution is 7.93. The predicted octanol–water partition coefficient (Wildman–Crippen LogP) is 3.51. The Labute approximate surface area is 182 Å². The van der Waals surface area contributed by atoms with E-state index in [1.54, 1.807) is 12.1 Å². The summed E-state index contributed by atoms with van der Waals surface area (Å²) in [6.07, 6.45) is 3.25. The predicted molar refractivity (Wildman–Crippen MR) is 115 cm³/mol. The number of hydrogen-bond acceptors (Lipinski definition) is 6. The summed E-state index contributed by atoms with van der Waals surface area (Å²) in [4.78, 5) is 24.6. The van der Waals surface area contributed by atoms with Gasteiger partial charge in [-0.25, -0.2) is 13.2 Å². The van der Waals surface area contributed by atoms with E-state index < -0.39 is 22.1 Å². The number of rotatable bonds is 5. The van der Waals surface area contributed by atoms with Crippen LogP contribution >= 0.6 is 0 Å². The molecule has 1 aliphatic heterocycles. The molecule has 1 aliphatic carbocycles. The van der Waals surface area contributed by atoms with Gasteiger partial charge in [-0.2, -0.15) is 0 Å². The Kier molecular flexibility index (Phi) is 6.00. The van der Waals surface area contributed by atoms with Crippen LogP contribution in [0.2, 0.25) is 0 Å². The van der Waals surface area contributed by atoms with Gasteiger partial charge in [0.1, 0.15) is 10.6 Å². The first-order valence-corrected chi connectivity index (χ1v) is 11.9. The van der Waals surface area contributed by atoms with Gasteiger partial charge in [0.05, 0.1) is 18.4 Å². The maximum Gasteiger partial charge on any atom is 0.338 e.